The molecule has 112 valence electrons. The molecule has 2 aliphatic heterocycles. The minimum atomic E-state index is 0.353. The third kappa shape index (κ3) is 3.22. The molecular formula is C15H25N3O2. The number of hydrogen-bond donors (Lipinski definition) is 0. The summed E-state index contributed by atoms with van der Waals surface area (Å²) >= 11 is 0. The second-order valence-corrected chi connectivity index (χ2v) is 6.12. The molecule has 0 spiro atoms. The van der Waals surface area contributed by atoms with Crippen LogP contribution >= 0.6 is 0 Å². The molecular weight excluding hydrogens is 254 g/mol. The van der Waals surface area contributed by atoms with Crippen molar-refractivity contribution in [1.29, 1.82) is 0 Å². The highest BCUT2D eigenvalue weighted by atomic mass is 16.5. The van der Waals surface area contributed by atoms with Crippen LogP contribution in [0.25, 0.3) is 0 Å². The first kappa shape index (κ1) is 14.0. The van der Waals surface area contributed by atoms with Crippen LogP contribution in [0.3, 0.4) is 0 Å². The fourth-order valence-electron chi connectivity index (χ4n) is 3.45. The van der Waals surface area contributed by atoms with Crippen molar-refractivity contribution in [2.75, 3.05) is 33.3 Å². The lowest BCUT2D eigenvalue weighted by Crippen LogP contribution is -2.38. The third-order valence-electron chi connectivity index (χ3n) is 4.53. The zero-order valence-electron chi connectivity index (χ0n) is 12.5. The van der Waals surface area contributed by atoms with E-state index in [1.54, 1.807) is 0 Å². The van der Waals surface area contributed by atoms with Gasteiger partial charge in [0.25, 0.3) is 0 Å². The van der Waals surface area contributed by atoms with Gasteiger partial charge in [0.1, 0.15) is 0 Å². The normalized spacial score (nSPS) is 28.5. The molecule has 2 saturated heterocycles. The van der Waals surface area contributed by atoms with Crippen LogP contribution in [0.4, 0.5) is 0 Å². The maximum atomic E-state index is 5.57. The Balaban J connectivity index is 1.62. The smallest absolute Gasteiger partial charge is 0.150 e. The maximum Gasteiger partial charge on any atom is 0.150 e. The summed E-state index contributed by atoms with van der Waals surface area (Å²) in [7, 11) is 1.82. The van der Waals surface area contributed by atoms with Gasteiger partial charge in [-0.15, -0.1) is 0 Å². The van der Waals surface area contributed by atoms with Crippen molar-refractivity contribution >= 4 is 0 Å². The first-order chi connectivity index (χ1) is 9.74. The van der Waals surface area contributed by atoms with Crippen LogP contribution in [-0.4, -0.2) is 60.4 Å². The van der Waals surface area contributed by atoms with Crippen LogP contribution in [0.5, 0.6) is 0 Å². The fourth-order valence-corrected chi connectivity index (χ4v) is 3.45. The molecule has 5 nitrogen and oxygen atoms in total. The quantitative estimate of drug-likeness (QED) is 0.820. The predicted molar refractivity (Wildman–Crippen MR) is 76.5 cm³/mol. The zero-order chi connectivity index (χ0) is 13.9. The van der Waals surface area contributed by atoms with Gasteiger partial charge in [0.2, 0.25) is 0 Å². The first-order valence-electron chi connectivity index (χ1n) is 7.66. The van der Waals surface area contributed by atoms with Crippen LogP contribution in [-0.2, 0) is 11.3 Å². The Morgan fingerprint density at radius 3 is 2.85 bits per heavy atom. The van der Waals surface area contributed by atoms with Gasteiger partial charge in [-0.1, -0.05) is 5.16 Å². The van der Waals surface area contributed by atoms with Crippen LogP contribution in [0, 0.1) is 6.92 Å². The van der Waals surface area contributed by atoms with Crippen molar-refractivity contribution in [2.24, 2.45) is 0 Å². The van der Waals surface area contributed by atoms with Crippen molar-refractivity contribution in [3.05, 3.63) is 17.5 Å². The van der Waals surface area contributed by atoms with E-state index in [4.69, 9.17) is 9.26 Å². The van der Waals surface area contributed by atoms with Crippen LogP contribution < -0.4 is 0 Å². The van der Waals surface area contributed by atoms with E-state index in [1.807, 2.05) is 20.1 Å². The second kappa shape index (κ2) is 6.24. The van der Waals surface area contributed by atoms with E-state index in [2.05, 4.69) is 15.0 Å². The Kier molecular flexibility index (Phi) is 4.38. The topological polar surface area (TPSA) is 41.7 Å². The molecule has 0 bridgehead atoms. The van der Waals surface area contributed by atoms with Gasteiger partial charge in [-0.2, -0.15) is 0 Å². The largest absolute Gasteiger partial charge is 0.380 e. The number of methoxy groups -OCH3 is 1. The summed E-state index contributed by atoms with van der Waals surface area (Å²) < 4.78 is 10.9. The molecule has 0 amide bonds. The van der Waals surface area contributed by atoms with E-state index in [9.17, 15) is 0 Å². The second-order valence-electron chi connectivity index (χ2n) is 6.12. The highest BCUT2D eigenvalue weighted by Gasteiger charge is 2.34. The number of ether oxygens (including phenoxy) is 1. The molecule has 0 aliphatic carbocycles. The monoisotopic (exact) mass is 279 g/mol. The number of rotatable bonds is 5. The van der Waals surface area contributed by atoms with Gasteiger partial charge in [-0.3, -0.25) is 4.90 Å². The van der Waals surface area contributed by atoms with Gasteiger partial charge in [0.15, 0.2) is 5.76 Å². The average molecular weight is 279 g/mol. The average Bonchev–Trinajstić information content (AvgIpc) is 3.14. The van der Waals surface area contributed by atoms with Crippen molar-refractivity contribution in [2.45, 2.75) is 44.9 Å². The zero-order valence-corrected chi connectivity index (χ0v) is 12.5. The number of aryl methyl sites for hydroxylation is 1. The summed E-state index contributed by atoms with van der Waals surface area (Å²) in [6, 6.07) is 2.61. The fraction of sp³-hybridized carbons (Fsp3) is 0.800. The van der Waals surface area contributed by atoms with Crippen molar-refractivity contribution in [3.63, 3.8) is 0 Å². The molecule has 3 rings (SSSR count). The Bertz CT molecular complexity index is 429. The van der Waals surface area contributed by atoms with E-state index < -0.39 is 0 Å². The molecule has 0 aromatic carbocycles. The molecule has 2 aliphatic rings. The molecule has 0 saturated carbocycles. The van der Waals surface area contributed by atoms with E-state index >= 15 is 0 Å². The molecule has 0 unspecified atom stereocenters. The highest BCUT2D eigenvalue weighted by molar-refractivity contribution is 5.04. The maximum absolute atomic E-state index is 5.57. The van der Waals surface area contributed by atoms with Gasteiger partial charge in [-0.05, 0) is 39.3 Å². The summed E-state index contributed by atoms with van der Waals surface area (Å²) in [6.07, 6.45) is 4.18. The lowest BCUT2D eigenvalue weighted by Gasteiger charge is -2.27. The predicted octanol–water partition coefficient (Wildman–Crippen LogP) is 1.67. The van der Waals surface area contributed by atoms with Gasteiger partial charge < -0.3 is 14.2 Å². The molecule has 0 N–H and O–H groups in total. The summed E-state index contributed by atoms with van der Waals surface area (Å²) in [6.45, 7) is 7.48. The summed E-state index contributed by atoms with van der Waals surface area (Å²) in [5.41, 5.74) is 0.957. The highest BCUT2D eigenvalue weighted by Crippen LogP contribution is 2.24. The molecule has 1 aromatic rings. The van der Waals surface area contributed by atoms with Gasteiger partial charge in [0, 0.05) is 32.3 Å². The third-order valence-corrected chi connectivity index (χ3v) is 4.53. The number of hydrogen-bond acceptors (Lipinski definition) is 5. The number of likely N-dealkylation sites (tertiary alicyclic amines) is 2. The van der Waals surface area contributed by atoms with E-state index in [0.717, 1.165) is 37.5 Å². The Morgan fingerprint density at radius 2 is 2.20 bits per heavy atom. The molecule has 3 heterocycles. The van der Waals surface area contributed by atoms with Crippen LogP contribution in [0.1, 0.15) is 30.7 Å². The van der Waals surface area contributed by atoms with E-state index in [-0.39, 0.29) is 0 Å². The SMILES string of the molecule is CO[C@H]1C[C@@H](CN2CCCC2)N(Cc2cc(C)no2)C1. The summed E-state index contributed by atoms with van der Waals surface area (Å²) in [4.78, 5) is 5.08. The van der Waals surface area contributed by atoms with Crippen molar-refractivity contribution in [3.8, 4) is 0 Å². The molecule has 1 aromatic heterocycles. The molecule has 20 heavy (non-hydrogen) atoms. The van der Waals surface area contributed by atoms with Crippen LogP contribution in [0.15, 0.2) is 10.6 Å². The minimum Gasteiger partial charge on any atom is -0.380 e. The Labute approximate surface area is 120 Å². The molecule has 2 atom stereocenters. The molecule has 2 fully saturated rings. The standard InChI is InChI=1S/C15H25N3O2/c1-12-7-15(20-16-12)11-18-10-14(19-2)8-13(18)9-17-5-3-4-6-17/h7,13-14H,3-6,8-11H2,1-2H3/t13-,14-/m0/s1. The van der Waals surface area contributed by atoms with Gasteiger partial charge in [0.05, 0.1) is 18.3 Å². The first-order valence-corrected chi connectivity index (χ1v) is 7.66. The van der Waals surface area contributed by atoms with Crippen LogP contribution in [0.2, 0.25) is 0 Å². The minimum absolute atomic E-state index is 0.353. The lowest BCUT2D eigenvalue weighted by atomic mass is 10.2. The Morgan fingerprint density at radius 1 is 1.40 bits per heavy atom. The summed E-state index contributed by atoms with van der Waals surface area (Å²) in [5.74, 6) is 0.964. The molecule has 0 radical (unpaired) electrons. The number of nitrogens with zero attached hydrogens (tertiary/aromatic N) is 3. The van der Waals surface area contributed by atoms with Gasteiger partial charge in [-0.25, -0.2) is 0 Å². The van der Waals surface area contributed by atoms with Crippen molar-refractivity contribution < 1.29 is 9.26 Å². The molecule has 5 heteroatoms. The Hall–Kier alpha value is -0.910. The van der Waals surface area contributed by atoms with E-state index in [1.165, 1.54) is 25.9 Å². The van der Waals surface area contributed by atoms with E-state index in [0.29, 0.717) is 12.1 Å². The van der Waals surface area contributed by atoms with Gasteiger partial charge >= 0.3 is 0 Å². The number of aromatic nitrogens is 1. The lowest BCUT2D eigenvalue weighted by molar-refractivity contribution is 0.105. The summed E-state index contributed by atoms with van der Waals surface area (Å²) in [5, 5.41) is 3.98. The van der Waals surface area contributed by atoms with Crippen molar-refractivity contribution in [1.82, 2.24) is 15.0 Å².